The number of carboxylic acid groups (broad SMARTS) is 2. The first kappa shape index (κ1) is 20.7. The summed E-state index contributed by atoms with van der Waals surface area (Å²) in [5.41, 5.74) is 0.506. The van der Waals surface area contributed by atoms with E-state index < -0.39 is 22.0 Å². The summed E-state index contributed by atoms with van der Waals surface area (Å²) in [4.78, 5) is 22.4. The van der Waals surface area contributed by atoms with Gasteiger partial charge in [0, 0.05) is 18.0 Å². The van der Waals surface area contributed by atoms with Crippen LogP contribution in [0.2, 0.25) is 5.02 Å². The fourth-order valence-corrected chi connectivity index (χ4v) is 4.15. The van der Waals surface area contributed by atoms with Crippen LogP contribution in [0.5, 0.6) is 0 Å². The number of benzene rings is 2. The van der Waals surface area contributed by atoms with Crippen LogP contribution in [0, 0.1) is 6.92 Å². The number of sulfonamides is 1. The third kappa shape index (κ3) is 4.99. The molecule has 0 atom stereocenters. The molecule has 0 saturated heterocycles. The number of hydrogen-bond donors (Lipinski definition) is 2. The molecule has 0 bridgehead atoms. The van der Waals surface area contributed by atoms with E-state index in [1.165, 1.54) is 30.3 Å². The summed E-state index contributed by atoms with van der Waals surface area (Å²) in [5.74, 6) is -2.39. The predicted molar refractivity (Wildman–Crippen MR) is 101 cm³/mol. The molecule has 2 aromatic carbocycles. The number of halogens is 1. The number of aliphatic carboxylic acids is 1. The number of hydrogen-bond acceptors (Lipinski definition) is 4. The van der Waals surface area contributed by atoms with E-state index in [0.717, 1.165) is 9.87 Å². The van der Waals surface area contributed by atoms with E-state index in [-0.39, 0.29) is 40.6 Å². The molecule has 2 aromatic rings. The molecule has 2 rings (SSSR count). The van der Waals surface area contributed by atoms with Gasteiger partial charge in [0.05, 0.1) is 16.1 Å². The lowest BCUT2D eigenvalue weighted by Crippen LogP contribution is -2.33. The molecule has 0 aliphatic carbocycles. The molecule has 0 heterocycles. The number of carboxylic acids is 2. The third-order valence-corrected chi connectivity index (χ3v) is 5.88. The lowest BCUT2D eigenvalue weighted by atomic mass is 10.1. The van der Waals surface area contributed by atoms with Gasteiger partial charge in [-0.2, -0.15) is 0 Å². The first-order valence-corrected chi connectivity index (χ1v) is 9.79. The second kappa shape index (κ2) is 8.41. The smallest absolute Gasteiger partial charge is 0.337 e. The first-order chi connectivity index (χ1) is 12.6. The zero-order valence-electron chi connectivity index (χ0n) is 14.4. The Hall–Kier alpha value is -2.58. The maximum Gasteiger partial charge on any atom is 0.337 e. The Morgan fingerprint density at radius 2 is 1.70 bits per heavy atom. The number of nitrogens with zero attached hydrogens (tertiary/aromatic N) is 1. The Kier molecular flexibility index (Phi) is 6.45. The molecule has 2 N–H and O–H groups in total. The van der Waals surface area contributed by atoms with Crippen molar-refractivity contribution >= 4 is 39.3 Å². The minimum Gasteiger partial charge on any atom is -0.481 e. The number of aryl methyl sites for hydroxylation is 1. The highest BCUT2D eigenvalue weighted by Crippen LogP contribution is 2.30. The van der Waals surface area contributed by atoms with Gasteiger partial charge in [-0.3, -0.25) is 9.10 Å². The van der Waals surface area contributed by atoms with E-state index in [2.05, 4.69) is 0 Å². The number of carbonyl (C=O) groups is 2. The van der Waals surface area contributed by atoms with Crippen LogP contribution in [0.1, 0.15) is 28.8 Å². The van der Waals surface area contributed by atoms with Gasteiger partial charge in [-0.15, -0.1) is 0 Å². The lowest BCUT2D eigenvalue weighted by molar-refractivity contribution is -0.137. The van der Waals surface area contributed by atoms with Crippen molar-refractivity contribution in [3.63, 3.8) is 0 Å². The van der Waals surface area contributed by atoms with Crippen molar-refractivity contribution in [2.75, 3.05) is 10.8 Å². The molecule has 0 saturated carbocycles. The van der Waals surface area contributed by atoms with Crippen LogP contribution in [0.4, 0.5) is 5.69 Å². The van der Waals surface area contributed by atoms with Crippen LogP contribution in [0.25, 0.3) is 0 Å². The van der Waals surface area contributed by atoms with Gasteiger partial charge in [-0.1, -0.05) is 29.3 Å². The molecule has 144 valence electrons. The lowest BCUT2D eigenvalue weighted by Gasteiger charge is -2.26. The van der Waals surface area contributed by atoms with E-state index in [1.54, 1.807) is 19.1 Å². The number of anilines is 1. The van der Waals surface area contributed by atoms with Gasteiger partial charge < -0.3 is 10.2 Å². The Morgan fingerprint density at radius 3 is 2.26 bits per heavy atom. The van der Waals surface area contributed by atoms with Crippen LogP contribution in [-0.2, 0) is 14.8 Å². The Bertz CT molecular complexity index is 956. The van der Waals surface area contributed by atoms with E-state index in [1.807, 2.05) is 0 Å². The summed E-state index contributed by atoms with van der Waals surface area (Å²) in [6.45, 7) is 1.60. The molecule has 0 fully saturated rings. The quantitative estimate of drug-likeness (QED) is 0.688. The zero-order valence-corrected chi connectivity index (χ0v) is 16.0. The molecule has 9 heteroatoms. The molecule has 0 amide bonds. The fourth-order valence-electron chi connectivity index (χ4n) is 2.47. The van der Waals surface area contributed by atoms with Crippen molar-refractivity contribution in [3.8, 4) is 0 Å². The molecular weight excluding hydrogens is 394 g/mol. The molecule has 0 spiro atoms. The predicted octanol–water partition coefficient (Wildman–Crippen LogP) is 3.41. The number of aromatic carboxylic acids is 1. The van der Waals surface area contributed by atoms with Crippen molar-refractivity contribution in [2.24, 2.45) is 0 Å². The Morgan fingerprint density at radius 1 is 1.07 bits per heavy atom. The average molecular weight is 412 g/mol. The SMILES string of the molecule is Cc1ccc(S(=O)(=O)N(CCCC(=O)O)c2cc(Cl)ccc2C(=O)O)cc1. The second-order valence-corrected chi connectivity index (χ2v) is 8.15. The minimum absolute atomic E-state index is 0.00595. The largest absolute Gasteiger partial charge is 0.481 e. The maximum absolute atomic E-state index is 13.1. The topological polar surface area (TPSA) is 112 Å². The first-order valence-electron chi connectivity index (χ1n) is 7.97. The zero-order chi connectivity index (χ0) is 20.2. The second-order valence-electron chi connectivity index (χ2n) is 5.85. The van der Waals surface area contributed by atoms with Gasteiger partial charge in [0.15, 0.2) is 0 Å². The van der Waals surface area contributed by atoms with Crippen molar-refractivity contribution in [2.45, 2.75) is 24.7 Å². The molecule has 0 aliphatic rings. The molecule has 7 nitrogen and oxygen atoms in total. The average Bonchev–Trinajstić information content (AvgIpc) is 2.58. The van der Waals surface area contributed by atoms with Crippen molar-refractivity contribution in [3.05, 3.63) is 58.6 Å². The van der Waals surface area contributed by atoms with Crippen LogP contribution in [0.3, 0.4) is 0 Å². The summed E-state index contributed by atoms with van der Waals surface area (Å²) >= 11 is 5.96. The fraction of sp³-hybridized carbons (Fsp3) is 0.222. The molecule has 0 radical (unpaired) electrons. The normalized spacial score (nSPS) is 11.2. The Labute approximate surface area is 161 Å². The van der Waals surface area contributed by atoms with Crippen LogP contribution < -0.4 is 4.31 Å². The van der Waals surface area contributed by atoms with Crippen molar-refractivity contribution < 1.29 is 28.2 Å². The molecule has 27 heavy (non-hydrogen) atoms. The van der Waals surface area contributed by atoms with Crippen molar-refractivity contribution in [1.82, 2.24) is 0 Å². The number of rotatable bonds is 8. The molecular formula is C18H18ClNO6S. The summed E-state index contributed by atoms with van der Waals surface area (Å²) in [6.07, 6.45) is -0.255. The molecule has 0 unspecified atom stereocenters. The summed E-state index contributed by atoms with van der Waals surface area (Å²) < 4.78 is 27.2. The monoisotopic (exact) mass is 411 g/mol. The van der Waals surface area contributed by atoms with Gasteiger partial charge in [0.25, 0.3) is 10.0 Å². The third-order valence-electron chi connectivity index (χ3n) is 3.82. The van der Waals surface area contributed by atoms with Crippen LogP contribution in [0.15, 0.2) is 47.4 Å². The van der Waals surface area contributed by atoms with Gasteiger partial charge in [0.2, 0.25) is 0 Å². The van der Waals surface area contributed by atoms with Crippen molar-refractivity contribution in [1.29, 1.82) is 0 Å². The minimum atomic E-state index is -4.12. The highest BCUT2D eigenvalue weighted by atomic mass is 35.5. The van der Waals surface area contributed by atoms with Gasteiger partial charge in [0.1, 0.15) is 0 Å². The highest BCUT2D eigenvalue weighted by Gasteiger charge is 2.28. The van der Waals surface area contributed by atoms with Gasteiger partial charge in [-0.05, 0) is 43.7 Å². The molecule has 0 aliphatic heterocycles. The van der Waals surface area contributed by atoms with E-state index in [9.17, 15) is 23.1 Å². The van der Waals surface area contributed by atoms with E-state index in [0.29, 0.717) is 0 Å². The van der Waals surface area contributed by atoms with Crippen LogP contribution >= 0.6 is 11.6 Å². The van der Waals surface area contributed by atoms with Gasteiger partial charge in [-0.25, -0.2) is 13.2 Å². The summed E-state index contributed by atoms with van der Waals surface area (Å²) in [6, 6.07) is 9.89. The van der Waals surface area contributed by atoms with E-state index in [4.69, 9.17) is 16.7 Å². The van der Waals surface area contributed by atoms with Crippen LogP contribution in [-0.4, -0.2) is 37.1 Å². The summed E-state index contributed by atoms with van der Waals surface area (Å²) in [5, 5.41) is 18.4. The van der Waals surface area contributed by atoms with Gasteiger partial charge >= 0.3 is 11.9 Å². The maximum atomic E-state index is 13.1. The van der Waals surface area contributed by atoms with E-state index >= 15 is 0 Å². The Balaban J connectivity index is 2.58. The highest BCUT2D eigenvalue weighted by molar-refractivity contribution is 7.92. The molecule has 0 aromatic heterocycles. The standard InChI is InChI=1S/C18H18ClNO6S/c1-12-4-7-14(8-5-12)27(25,26)20(10-2-3-17(21)22)16-11-13(19)6-9-15(16)18(23)24/h4-9,11H,2-3,10H2,1H3,(H,21,22)(H,23,24). The summed E-state index contributed by atoms with van der Waals surface area (Å²) in [7, 11) is -4.12.